The molecular formula is C13H17ClO3S. The zero-order valence-corrected chi connectivity index (χ0v) is 12.0. The van der Waals surface area contributed by atoms with Crippen molar-refractivity contribution in [3.05, 3.63) is 34.3 Å². The molecule has 0 radical (unpaired) electrons. The van der Waals surface area contributed by atoms with Crippen molar-refractivity contribution >= 4 is 28.5 Å². The van der Waals surface area contributed by atoms with Crippen LogP contribution < -0.4 is 0 Å². The number of aliphatic hydroxyl groups is 2. The van der Waals surface area contributed by atoms with Gasteiger partial charge in [0, 0.05) is 17.7 Å². The van der Waals surface area contributed by atoms with E-state index in [9.17, 15) is 15.0 Å². The highest BCUT2D eigenvalue weighted by Crippen LogP contribution is 2.24. The van der Waals surface area contributed by atoms with Gasteiger partial charge in [-0.05, 0) is 36.6 Å². The number of benzene rings is 1. The zero-order chi connectivity index (χ0) is 13.7. The van der Waals surface area contributed by atoms with Gasteiger partial charge in [-0.3, -0.25) is 4.79 Å². The predicted molar refractivity (Wildman–Crippen MR) is 74.9 cm³/mol. The number of rotatable bonds is 5. The Labute approximate surface area is 116 Å². The average molecular weight is 289 g/mol. The lowest BCUT2D eigenvalue weighted by Gasteiger charge is -2.18. The monoisotopic (exact) mass is 288 g/mol. The standard InChI is InChI=1S/C13H17ClO3S/c1-8-5-10(7-11(14)6-8)13(17)12(16)3-4-18-9(2)15/h5-7,12-13,16-17H,3-4H2,1-2H3. The minimum atomic E-state index is -0.977. The van der Waals surface area contributed by atoms with E-state index in [1.54, 1.807) is 18.2 Å². The molecule has 3 nitrogen and oxygen atoms in total. The number of carbonyl (C=O) groups excluding carboxylic acids is 1. The maximum absolute atomic E-state index is 10.8. The maximum Gasteiger partial charge on any atom is 0.185 e. The summed E-state index contributed by atoms with van der Waals surface area (Å²) in [5.41, 5.74) is 1.53. The third-order valence-electron chi connectivity index (χ3n) is 2.49. The van der Waals surface area contributed by atoms with Crippen LogP contribution in [0.15, 0.2) is 18.2 Å². The molecule has 0 aromatic heterocycles. The highest BCUT2D eigenvalue weighted by atomic mass is 35.5. The fourth-order valence-corrected chi connectivity index (χ4v) is 2.58. The summed E-state index contributed by atoms with van der Waals surface area (Å²) in [6.07, 6.45) is -1.51. The van der Waals surface area contributed by atoms with Gasteiger partial charge >= 0.3 is 0 Å². The van der Waals surface area contributed by atoms with Gasteiger partial charge in [0.15, 0.2) is 5.12 Å². The number of hydrogen-bond donors (Lipinski definition) is 2. The molecule has 0 fully saturated rings. The predicted octanol–water partition coefficient (Wildman–Crippen LogP) is 2.71. The topological polar surface area (TPSA) is 57.5 Å². The third-order valence-corrected chi connectivity index (χ3v) is 3.55. The zero-order valence-electron chi connectivity index (χ0n) is 10.4. The molecule has 0 aliphatic carbocycles. The molecule has 2 N–H and O–H groups in total. The van der Waals surface area contributed by atoms with Gasteiger partial charge in [-0.15, -0.1) is 0 Å². The van der Waals surface area contributed by atoms with Crippen LogP contribution in [0.5, 0.6) is 0 Å². The molecule has 100 valence electrons. The van der Waals surface area contributed by atoms with Gasteiger partial charge in [-0.1, -0.05) is 29.4 Å². The normalized spacial score (nSPS) is 14.3. The smallest absolute Gasteiger partial charge is 0.185 e. The lowest BCUT2D eigenvalue weighted by Crippen LogP contribution is -2.19. The van der Waals surface area contributed by atoms with Crippen LogP contribution in [0, 0.1) is 6.92 Å². The quantitative estimate of drug-likeness (QED) is 0.875. The molecule has 18 heavy (non-hydrogen) atoms. The number of aryl methyl sites for hydroxylation is 1. The second-order valence-corrected chi connectivity index (χ2v) is 5.91. The van der Waals surface area contributed by atoms with Crippen LogP contribution in [0.3, 0.4) is 0 Å². The van der Waals surface area contributed by atoms with Gasteiger partial charge in [0.2, 0.25) is 0 Å². The summed E-state index contributed by atoms with van der Waals surface area (Å²) in [7, 11) is 0. The van der Waals surface area contributed by atoms with Crippen molar-refractivity contribution in [1.29, 1.82) is 0 Å². The van der Waals surface area contributed by atoms with E-state index in [2.05, 4.69) is 0 Å². The van der Waals surface area contributed by atoms with E-state index in [1.165, 1.54) is 6.92 Å². The molecule has 0 aliphatic rings. The Hall–Kier alpha value is -0.550. The van der Waals surface area contributed by atoms with Gasteiger partial charge in [0.05, 0.1) is 6.10 Å². The highest BCUT2D eigenvalue weighted by molar-refractivity contribution is 8.13. The first-order valence-electron chi connectivity index (χ1n) is 5.66. The Kier molecular flexibility index (Phi) is 6.15. The van der Waals surface area contributed by atoms with Gasteiger partial charge < -0.3 is 10.2 Å². The molecule has 1 aromatic rings. The van der Waals surface area contributed by atoms with Crippen molar-refractivity contribution in [3.8, 4) is 0 Å². The molecule has 2 unspecified atom stereocenters. The number of carbonyl (C=O) groups is 1. The molecular weight excluding hydrogens is 272 g/mol. The second kappa shape index (κ2) is 7.14. The Balaban J connectivity index is 2.62. The molecule has 0 spiro atoms. The summed E-state index contributed by atoms with van der Waals surface area (Å²) in [6, 6.07) is 5.22. The molecule has 0 amide bonds. The van der Waals surface area contributed by atoms with Crippen molar-refractivity contribution in [3.63, 3.8) is 0 Å². The van der Waals surface area contributed by atoms with Gasteiger partial charge in [-0.25, -0.2) is 0 Å². The molecule has 2 atom stereocenters. The first-order chi connectivity index (χ1) is 8.40. The number of aliphatic hydroxyl groups excluding tert-OH is 2. The molecule has 1 rings (SSSR count). The van der Waals surface area contributed by atoms with Crippen LogP contribution in [0.4, 0.5) is 0 Å². The van der Waals surface area contributed by atoms with E-state index in [0.717, 1.165) is 17.3 Å². The average Bonchev–Trinajstić information content (AvgIpc) is 2.26. The van der Waals surface area contributed by atoms with E-state index in [-0.39, 0.29) is 5.12 Å². The van der Waals surface area contributed by atoms with E-state index in [4.69, 9.17) is 11.6 Å². The van der Waals surface area contributed by atoms with Crippen molar-refractivity contribution < 1.29 is 15.0 Å². The van der Waals surface area contributed by atoms with Crippen LogP contribution in [0.2, 0.25) is 5.02 Å². The summed E-state index contributed by atoms with van der Waals surface area (Å²) in [6.45, 7) is 3.36. The summed E-state index contributed by atoms with van der Waals surface area (Å²) < 4.78 is 0. The van der Waals surface area contributed by atoms with Crippen molar-refractivity contribution in [2.45, 2.75) is 32.5 Å². The van der Waals surface area contributed by atoms with E-state index < -0.39 is 12.2 Å². The van der Waals surface area contributed by atoms with Crippen LogP contribution >= 0.6 is 23.4 Å². The molecule has 0 saturated heterocycles. The molecule has 0 bridgehead atoms. The van der Waals surface area contributed by atoms with Crippen LogP contribution in [-0.4, -0.2) is 27.2 Å². The highest BCUT2D eigenvalue weighted by Gasteiger charge is 2.19. The Bertz CT molecular complexity index is 402. The Morgan fingerprint density at radius 3 is 2.61 bits per heavy atom. The second-order valence-electron chi connectivity index (χ2n) is 4.20. The number of halogens is 1. The van der Waals surface area contributed by atoms with Crippen LogP contribution in [-0.2, 0) is 4.79 Å². The Morgan fingerprint density at radius 1 is 1.39 bits per heavy atom. The lowest BCUT2D eigenvalue weighted by atomic mass is 10.0. The minimum absolute atomic E-state index is 0.00953. The number of thioether (sulfide) groups is 1. The third kappa shape index (κ3) is 4.98. The summed E-state index contributed by atoms with van der Waals surface area (Å²) in [5, 5.41) is 20.4. The van der Waals surface area contributed by atoms with Crippen molar-refractivity contribution in [1.82, 2.24) is 0 Å². The molecule has 0 saturated carbocycles. The fourth-order valence-electron chi connectivity index (χ4n) is 1.64. The Morgan fingerprint density at radius 2 is 2.06 bits per heavy atom. The van der Waals surface area contributed by atoms with Crippen molar-refractivity contribution in [2.24, 2.45) is 0 Å². The van der Waals surface area contributed by atoms with Crippen molar-refractivity contribution in [2.75, 3.05) is 5.75 Å². The molecule has 1 aromatic carbocycles. The molecule has 0 aliphatic heterocycles. The number of hydrogen-bond acceptors (Lipinski definition) is 4. The first-order valence-corrected chi connectivity index (χ1v) is 7.03. The van der Waals surface area contributed by atoms with E-state index >= 15 is 0 Å². The summed E-state index contributed by atoms with van der Waals surface area (Å²) in [5.74, 6) is 0.493. The molecule has 0 heterocycles. The maximum atomic E-state index is 10.8. The minimum Gasteiger partial charge on any atom is -0.390 e. The van der Waals surface area contributed by atoms with Gasteiger partial charge in [-0.2, -0.15) is 0 Å². The van der Waals surface area contributed by atoms with Crippen LogP contribution in [0.1, 0.15) is 30.6 Å². The van der Waals surface area contributed by atoms with Crippen LogP contribution in [0.25, 0.3) is 0 Å². The summed E-state index contributed by atoms with van der Waals surface area (Å²) in [4.78, 5) is 10.8. The first kappa shape index (κ1) is 15.5. The largest absolute Gasteiger partial charge is 0.390 e. The van der Waals surface area contributed by atoms with E-state index in [0.29, 0.717) is 22.8 Å². The van der Waals surface area contributed by atoms with Gasteiger partial charge in [0.1, 0.15) is 6.10 Å². The molecule has 5 heteroatoms. The summed E-state index contributed by atoms with van der Waals surface area (Å²) >= 11 is 7.05. The SMILES string of the molecule is CC(=O)SCCC(O)C(O)c1cc(C)cc(Cl)c1. The fraction of sp³-hybridized carbons (Fsp3) is 0.462. The lowest BCUT2D eigenvalue weighted by molar-refractivity contribution is -0.109. The van der Waals surface area contributed by atoms with Gasteiger partial charge in [0.25, 0.3) is 0 Å². The van der Waals surface area contributed by atoms with E-state index in [1.807, 2.05) is 6.92 Å².